The van der Waals surface area contributed by atoms with Gasteiger partial charge >= 0.3 is 0 Å². The molecule has 0 saturated heterocycles. The van der Waals surface area contributed by atoms with Crippen molar-refractivity contribution in [2.24, 2.45) is 0 Å². The van der Waals surface area contributed by atoms with Crippen molar-refractivity contribution in [2.75, 3.05) is 6.61 Å². The lowest BCUT2D eigenvalue weighted by Gasteiger charge is -2.25. The molecule has 0 N–H and O–H groups in total. The van der Waals surface area contributed by atoms with E-state index in [-0.39, 0.29) is 29.5 Å². The van der Waals surface area contributed by atoms with Gasteiger partial charge in [0, 0.05) is 6.54 Å². The average Bonchev–Trinajstić information content (AvgIpc) is 3.12. The molecule has 0 bridgehead atoms. The molecule has 6 heteroatoms. The van der Waals surface area contributed by atoms with Crippen molar-refractivity contribution in [3.05, 3.63) is 110 Å². The molecule has 5 nitrogen and oxygen atoms in total. The Bertz CT molecular complexity index is 1490. The summed E-state index contributed by atoms with van der Waals surface area (Å²) in [5.74, 6) is 0.00347. The van der Waals surface area contributed by atoms with Crippen LogP contribution in [0.4, 0.5) is 4.39 Å². The first kappa shape index (κ1) is 22.8. The second kappa shape index (κ2) is 9.02. The normalized spacial score (nSPS) is 15.0. The highest BCUT2D eigenvalue weighted by Crippen LogP contribution is 2.40. The number of hydrogen-bond donors (Lipinski definition) is 0. The summed E-state index contributed by atoms with van der Waals surface area (Å²) in [4.78, 5) is 29.0. The molecule has 2 heterocycles. The van der Waals surface area contributed by atoms with E-state index in [4.69, 9.17) is 9.15 Å². The minimum atomic E-state index is -0.657. The van der Waals surface area contributed by atoms with Crippen LogP contribution in [0, 0.1) is 19.7 Å². The SMILES string of the molecule is CCCOc1cccc(C2c3c(oc4cc(C)c(C)cc4c3=O)C(=O)N2Cc2ccc(F)cc2)c1. The monoisotopic (exact) mass is 471 g/mol. The van der Waals surface area contributed by atoms with Crippen LogP contribution in [-0.2, 0) is 6.54 Å². The molecule has 1 amide bonds. The van der Waals surface area contributed by atoms with Gasteiger partial charge in [0.15, 0.2) is 5.43 Å². The van der Waals surface area contributed by atoms with Gasteiger partial charge < -0.3 is 14.1 Å². The Balaban J connectivity index is 1.69. The average molecular weight is 472 g/mol. The van der Waals surface area contributed by atoms with Gasteiger partial charge in [-0.05, 0) is 78.9 Å². The second-order valence-electron chi connectivity index (χ2n) is 8.99. The summed E-state index contributed by atoms with van der Waals surface area (Å²) in [6.07, 6.45) is 0.861. The molecule has 0 radical (unpaired) electrons. The number of ether oxygens (including phenoxy) is 1. The lowest BCUT2D eigenvalue weighted by Crippen LogP contribution is -2.29. The maximum Gasteiger partial charge on any atom is 0.291 e. The summed E-state index contributed by atoms with van der Waals surface area (Å²) in [5, 5.41) is 0.451. The van der Waals surface area contributed by atoms with Gasteiger partial charge in [-0.2, -0.15) is 0 Å². The molecule has 0 aliphatic carbocycles. The number of carbonyl (C=O) groups is 1. The van der Waals surface area contributed by atoms with Crippen molar-refractivity contribution >= 4 is 16.9 Å². The first-order chi connectivity index (χ1) is 16.9. The Labute approximate surface area is 202 Å². The van der Waals surface area contributed by atoms with Crippen molar-refractivity contribution in [1.29, 1.82) is 0 Å². The number of nitrogens with zero attached hydrogens (tertiary/aromatic N) is 1. The third kappa shape index (κ3) is 4.09. The lowest BCUT2D eigenvalue weighted by atomic mass is 9.97. The molecule has 4 aromatic rings. The third-order valence-corrected chi connectivity index (χ3v) is 6.49. The van der Waals surface area contributed by atoms with E-state index in [9.17, 15) is 14.0 Å². The van der Waals surface area contributed by atoms with E-state index in [1.54, 1.807) is 23.1 Å². The molecule has 3 aromatic carbocycles. The van der Waals surface area contributed by atoms with Crippen LogP contribution < -0.4 is 10.2 Å². The zero-order valence-corrected chi connectivity index (χ0v) is 19.9. The summed E-state index contributed by atoms with van der Waals surface area (Å²) < 4.78 is 25.4. The van der Waals surface area contributed by atoms with Crippen LogP contribution in [0.3, 0.4) is 0 Å². The minimum Gasteiger partial charge on any atom is -0.494 e. The highest BCUT2D eigenvalue weighted by atomic mass is 19.1. The Morgan fingerprint density at radius 1 is 1.00 bits per heavy atom. The van der Waals surface area contributed by atoms with E-state index in [2.05, 4.69) is 0 Å². The summed E-state index contributed by atoms with van der Waals surface area (Å²) >= 11 is 0. The molecule has 0 spiro atoms. The molecule has 1 atom stereocenters. The van der Waals surface area contributed by atoms with Gasteiger partial charge in [0.05, 0.1) is 23.6 Å². The zero-order chi connectivity index (χ0) is 24.7. The van der Waals surface area contributed by atoms with E-state index in [0.29, 0.717) is 28.9 Å². The summed E-state index contributed by atoms with van der Waals surface area (Å²) in [5.41, 5.74) is 3.95. The summed E-state index contributed by atoms with van der Waals surface area (Å²) in [6, 6.07) is 16.4. The fourth-order valence-electron chi connectivity index (χ4n) is 4.57. The highest BCUT2D eigenvalue weighted by molar-refractivity contribution is 5.99. The number of aryl methyl sites for hydroxylation is 2. The van der Waals surface area contributed by atoms with Crippen molar-refractivity contribution < 1.29 is 18.3 Å². The predicted octanol–water partition coefficient (Wildman–Crippen LogP) is 6.08. The fraction of sp³-hybridized carbons (Fsp3) is 0.241. The maximum atomic E-state index is 13.8. The smallest absolute Gasteiger partial charge is 0.291 e. The Morgan fingerprint density at radius 3 is 2.49 bits per heavy atom. The van der Waals surface area contributed by atoms with E-state index < -0.39 is 6.04 Å². The Morgan fingerprint density at radius 2 is 1.74 bits per heavy atom. The van der Waals surface area contributed by atoms with Gasteiger partial charge in [0.1, 0.15) is 17.1 Å². The number of carbonyl (C=O) groups excluding carboxylic acids is 1. The van der Waals surface area contributed by atoms with E-state index in [0.717, 1.165) is 28.7 Å². The van der Waals surface area contributed by atoms with Gasteiger partial charge in [-0.1, -0.05) is 31.2 Å². The highest BCUT2D eigenvalue weighted by Gasteiger charge is 2.42. The van der Waals surface area contributed by atoms with Gasteiger partial charge in [0.2, 0.25) is 5.76 Å². The molecule has 0 fully saturated rings. The van der Waals surface area contributed by atoms with Gasteiger partial charge in [0.25, 0.3) is 5.91 Å². The van der Waals surface area contributed by atoms with Crippen LogP contribution in [-0.4, -0.2) is 17.4 Å². The molecule has 0 saturated carbocycles. The Kier molecular flexibility index (Phi) is 5.89. The number of halogens is 1. The largest absolute Gasteiger partial charge is 0.494 e. The van der Waals surface area contributed by atoms with Crippen LogP contribution in [0.15, 0.2) is 69.9 Å². The molecule has 35 heavy (non-hydrogen) atoms. The van der Waals surface area contributed by atoms with Crippen LogP contribution >= 0.6 is 0 Å². The maximum absolute atomic E-state index is 13.8. The van der Waals surface area contributed by atoms with Crippen molar-refractivity contribution in [1.82, 2.24) is 4.90 Å². The zero-order valence-electron chi connectivity index (χ0n) is 19.9. The number of amides is 1. The molecule has 1 aliphatic heterocycles. The molecule has 1 unspecified atom stereocenters. The third-order valence-electron chi connectivity index (χ3n) is 6.49. The number of benzene rings is 3. The van der Waals surface area contributed by atoms with Crippen LogP contribution in [0.5, 0.6) is 5.75 Å². The van der Waals surface area contributed by atoms with Crippen LogP contribution in [0.1, 0.15) is 57.8 Å². The second-order valence-corrected chi connectivity index (χ2v) is 8.99. The minimum absolute atomic E-state index is 0.0535. The quantitative estimate of drug-likeness (QED) is 0.342. The lowest BCUT2D eigenvalue weighted by molar-refractivity contribution is 0.0714. The van der Waals surface area contributed by atoms with Crippen LogP contribution in [0.2, 0.25) is 0 Å². The molecule has 178 valence electrons. The van der Waals surface area contributed by atoms with Gasteiger partial charge in [-0.15, -0.1) is 0 Å². The molecular formula is C29H26FNO4. The van der Waals surface area contributed by atoms with Crippen LogP contribution in [0.25, 0.3) is 11.0 Å². The Hall–Kier alpha value is -3.93. The number of rotatable bonds is 6. The summed E-state index contributed by atoms with van der Waals surface area (Å²) in [7, 11) is 0. The van der Waals surface area contributed by atoms with E-state index in [1.807, 2.05) is 51.1 Å². The van der Waals surface area contributed by atoms with E-state index in [1.165, 1.54) is 12.1 Å². The first-order valence-corrected chi connectivity index (χ1v) is 11.7. The van der Waals surface area contributed by atoms with E-state index >= 15 is 0 Å². The molecule has 5 rings (SSSR count). The topological polar surface area (TPSA) is 59.8 Å². The molecular weight excluding hydrogens is 445 g/mol. The van der Waals surface area contributed by atoms with Gasteiger partial charge in [-0.25, -0.2) is 4.39 Å². The van der Waals surface area contributed by atoms with Gasteiger partial charge in [-0.3, -0.25) is 9.59 Å². The van der Waals surface area contributed by atoms with Crippen molar-refractivity contribution in [2.45, 2.75) is 39.8 Å². The molecule has 1 aliphatic rings. The number of hydrogen-bond acceptors (Lipinski definition) is 4. The molecule has 1 aromatic heterocycles. The predicted molar refractivity (Wildman–Crippen MR) is 132 cm³/mol. The van der Waals surface area contributed by atoms with Crippen molar-refractivity contribution in [3.63, 3.8) is 0 Å². The first-order valence-electron chi connectivity index (χ1n) is 11.7. The standard InChI is InChI=1S/C29H26FNO4/c1-4-12-34-22-7-5-6-20(15-22)26-25-27(32)23-13-17(2)18(3)14-24(23)35-28(25)29(33)31(26)16-19-8-10-21(30)11-9-19/h5-11,13-15,26H,4,12,16H2,1-3H3. The summed E-state index contributed by atoms with van der Waals surface area (Å²) in [6.45, 7) is 6.67. The fourth-order valence-corrected chi connectivity index (χ4v) is 4.57. The van der Waals surface area contributed by atoms with Crippen molar-refractivity contribution in [3.8, 4) is 5.75 Å². The number of fused-ring (bicyclic) bond motifs is 2.